The molecule has 1 aromatic rings. The maximum atomic E-state index is 11.6. The van der Waals surface area contributed by atoms with Crippen molar-refractivity contribution >= 4 is 10.0 Å². The van der Waals surface area contributed by atoms with Crippen LogP contribution in [0.1, 0.15) is 38.3 Å². The molecule has 0 aliphatic heterocycles. The highest BCUT2D eigenvalue weighted by atomic mass is 32.2. The van der Waals surface area contributed by atoms with Crippen LogP contribution in [0.4, 0.5) is 0 Å². The second kappa shape index (κ2) is 5.45. The van der Waals surface area contributed by atoms with Gasteiger partial charge in [-0.2, -0.15) is 5.10 Å². The van der Waals surface area contributed by atoms with Crippen LogP contribution in [0.3, 0.4) is 0 Å². The quantitative estimate of drug-likeness (QED) is 0.819. The van der Waals surface area contributed by atoms with Crippen molar-refractivity contribution in [3.05, 3.63) is 18.0 Å². The molecule has 1 rings (SSSR count). The monoisotopic (exact) mass is 245 g/mol. The van der Waals surface area contributed by atoms with E-state index in [0.29, 0.717) is 6.42 Å². The van der Waals surface area contributed by atoms with Crippen LogP contribution in [-0.4, -0.2) is 24.0 Å². The molecule has 0 bridgehead atoms. The predicted molar refractivity (Wildman–Crippen MR) is 63.5 cm³/mol. The van der Waals surface area contributed by atoms with E-state index in [1.54, 1.807) is 10.9 Å². The van der Waals surface area contributed by atoms with Gasteiger partial charge < -0.3 is 0 Å². The third kappa shape index (κ3) is 3.94. The molecule has 0 saturated carbocycles. The number of aromatic nitrogens is 2. The first-order chi connectivity index (χ1) is 7.44. The average molecular weight is 245 g/mol. The molecular formula is C10H19N3O2S. The van der Waals surface area contributed by atoms with Gasteiger partial charge in [0.25, 0.3) is 0 Å². The zero-order valence-corrected chi connectivity index (χ0v) is 10.8. The van der Waals surface area contributed by atoms with Gasteiger partial charge in [-0.25, -0.2) is 13.1 Å². The minimum absolute atomic E-state index is 0.189. The maximum absolute atomic E-state index is 11.6. The van der Waals surface area contributed by atoms with E-state index in [1.165, 1.54) is 0 Å². The number of nitrogens with one attached hydrogen (secondary N) is 1. The first-order valence-electron chi connectivity index (χ1n) is 5.43. The third-order valence-corrected chi connectivity index (χ3v) is 3.89. The molecule has 16 heavy (non-hydrogen) atoms. The Morgan fingerprint density at radius 1 is 1.56 bits per heavy atom. The molecule has 0 fully saturated rings. The molecule has 1 unspecified atom stereocenters. The molecule has 0 aromatic carbocycles. The van der Waals surface area contributed by atoms with Crippen LogP contribution in [-0.2, 0) is 17.1 Å². The molecular weight excluding hydrogens is 226 g/mol. The Kier molecular flexibility index (Phi) is 4.49. The van der Waals surface area contributed by atoms with E-state index < -0.39 is 10.0 Å². The number of hydrogen-bond donors (Lipinski definition) is 1. The lowest BCUT2D eigenvalue weighted by Crippen LogP contribution is -2.28. The van der Waals surface area contributed by atoms with E-state index in [4.69, 9.17) is 0 Å². The molecule has 5 nitrogen and oxygen atoms in total. The highest BCUT2D eigenvalue weighted by Gasteiger charge is 2.15. The Labute approximate surface area is 96.9 Å². The highest BCUT2D eigenvalue weighted by molar-refractivity contribution is 7.89. The van der Waals surface area contributed by atoms with Crippen molar-refractivity contribution < 1.29 is 8.42 Å². The Morgan fingerprint density at radius 2 is 2.25 bits per heavy atom. The summed E-state index contributed by atoms with van der Waals surface area (Å²) >= 11 is 0. The number of rotatable bonds is 6. The lowest BCUT2D eigenvalue weighted by atomic mass is 10.2. The number of hydrogen-bond acceptors (Lipinski definition) is 3. The molecule has 1 aromatic heterocycles. The van der Waals surface area contributed by atoms with Crippen molar-refractivity contribution in [1.82, 2.24) is 14.5 Å². The van der Waals surface area contributed by atoms with Gasteiger partial charge in [0.15, 0.2) is 0 Å². The molecule has 0 spiro atoms. The van der Waals surface area contributed by atoms with Crippen molar-refractivity contribution in [1.29, 1.82) is 0 Å². The summed E-state index contributed by atoms with van der Waals surface area (Å²) in [6.45, 7) is 3.79. The summed E-state index contributed by atoms with van der Waals surface area (Å²) in [5.41, 5.74) is 0.877. The SMILES string of the molecule is CCCCS(=O)(=O)NC(C)c1cnn(C)c1. The van der Waals surface area contributed by atoms with Crippen molar-refractivity contribution in [2.24, 2.45) is 7.05 Å². The van der Waals surface area contributed by atoms with Gasteiger partial charge in [0, 0.05) is 24.8 Å². The Balaban J connectivity index is 2.60. The largest absolute Gasteiger partial charge is 0.275 e. The Bertz CT molecular complexity index is 425. The summed E-state index contributed by atoms with van der Waals surface area (Å²) in [4.78, 5) is 0. The van der Waals surface area contributed by atoms with Gasteiger partial charge in [0.1, 0.15) is 0 Å². The molecule has 0 amide bonds. The lowest BCUT2D eigenvalue weighted by molar-refractivity contribution is 0.563. The van der Waals surface area contributed by atoms with Gasteiger partial charge >= 0.3 is 0 Å². The molecule has 0 saturated heterocycles. The van der Waals surface area contributed by atoms with Crippen molar-refractivity contribution in [2.45, 2.75) is 32.7 Å². The van der Waals surface area contributed by atoms with Crippen molar-refractivity contribution in [2.75, 3.05) is 5.75 Å². The highest BCUT2D eigenvalue weighted by Crippen LogP contribution is 2.12. The summed E-state index contributed by atoms with van der Waals surface area (Å²) < 4.78 is 27.6. The Morgan fingerprint density at radius 3 is 2.75 bits per heavy atom. The zero-order valence-electron chi connectivity index (χ0n) is 9.97. The molecule has 1 N–H and O–H groups in total. The van der Waals surface area contributed by atoms with Crippen LogP contribution in [0.25, 0.3) is 0 Å². The van der Waals surface area contributed by atoms with Crippen LogP contribution in [0.5, 0.6) is 0 Å². The summed E-state index contributed by atoms with van der Waals surface area (Å²) in [5, 5.41) is 4.01. The molecule has 92 valence electrons. The molecule has 0 radical (unpaired) electrons. The van der Waals surface area contributed by atoms with Crippen LogP contribution in [0.2, 0.25) is 0 Å². The van der Waals surface area contributed by atoms with Crippen LogP contribution in [0, 0.1) is 0 Å². The summed E-state index contributed by atoms with van der Waals surface area (Å²) in [7, 11) is -1.36. The number of nitrogens with zero attached hydrogens (tertiary/aromatic N) is 2. The third-order valence-electron chi connectivity index (χ3n) is 2.35. The van der Waals surface area contributed by atoms with Gasteiger partial charge in [-0.05, 0) is 13.3 Å². The van der Waals surface area contributed by atoms with Crippen molar-refractivity contribution in [3.63, 3.8) is 0 Å². The minimum atomic E-state index is -3.17. The molecule has 0 aliphatic carbocycles. The molecule has 0 aliphatic rings. The summed E-state index contributed by atoms with van der Waals surface area (Å²) in [6.07, 6.45) is 5.05. The first-order valence-corrected chi connectivity index (χ1v) is 7.08. The van der Waals surface area contributed by atoms with E-state index in [-0.39, 0.29) is 11.8 Å². The zero-order chi connectivity index (χ0) is 12.2. The van der Waals surface area contributed by atoms with E-state index in [2.05, 4.69) is 9.82 Å². The van der Waals surface area contributed by atoms with E-state index in [0.717, 1.165) is 12.0 Å². The fourth-order valence-electron chi connectivity index (χ4n) is 1.39. The predicted octanol–water partition coefficient (Wildman–Crippen LogP) is 1.20. The normalized spacial score (nSPS) is 13.9. The van der Waals surface area contributed by atoms with Gasteiger partial charge in [-0.3, -0.25) is 4.68 Å². The summed E-state index contributed by atoms with van der Waals surface area (Å²) in [5.74, 6) is 0.189. The van der Waals surface area contributed by atoms with E-state index in [1.807, 2.05) is 27.1 Å². The number of aryl methyl sites for hydroxylation is 1. The van der Waals surface area contributed by atoms with Crippen LogP contribution < -0.4 is 4.72 Å². The fraction of sp³-hybridized carbons (Fsp3) is 0.700. The standard InChI is InChI=1S/C10H19N3O2S/c1-4-5-6-16(14,15)12-9(2)10-7-11-13(3)8-10/h7-9,12H,4-6H2,1-3H3. The fourth-order valence-corrected chi connectivity index (χ4v) is 2.86. The van der Waals surface area contributed by atoms with E-state index in [9.17, 15) is 8.42 Å². The molecule has 1 heterocycles. The van der Waals surface area contributed by atoms with Crippen LogP contribution in [0.15, 0.2) is 12.4 Å². The number of unbranched alkanes of at least 4 members (excludes halogenated alkanes) is 1. The van der Waals surface area contributed by atoms with Crippen molar-refractivity contribution in [3.8, 4) is 0 Å². The second-order valence-electron chi connectivity index (χ2n) is 3.96. The van der Waals surface area contributed by atoms with Gasteiger partial charge in [-0.1, -0.05) is 13.3 Å². The minimum Gasteiger partial charge on any atom is -0.275 e. The summed E-state index contributed by atoms with van der Waals surface area (Å²) in [6, 6.07) is -0.226. The van der Waals surface area contributed by atoms with E-state index >= 15 is 0 Å². The second-order valence-corrected chi connectivity index (χ2v) is 5.83. The van der Waals surface area contributed by atoms with Gasteiger partial charge in [0.2, 0.25) is 10.0 Å². The smallest absolute Gasteiger partial charge is 0.212 e. The topological polar surface area (TPSA) is 64.0 Å². The molecule has 1 atom stereocenters. The number of sulfonamides is 1. The van der Waals surface area contributed by atoms with Gasteiger partial charge in [-0.15, -0.1) is 0 Å². The lowest BCUT2D eigenvalue weighted by Gasteiger charge is -2.12. The first kappa shape index (κ1) is 13.2. The van der Waals surface area contributed by atoms with Crippen LogP contribution >= 0.6 is 0 Å². The Hall–Kier alpha value is -0.880. The molecule has 6 heteroatoms. The average Bonchev–Trinajstić information content (AvgIpc) is 2.61. The maximum Gasteiger partial charge on any atom is 0.212 e. The van der Waals surface area contributed by atoms with Gasteiger partial charge in [0.05, 0.1) is 11.9 Å².